The molecule has 43 heavy (non-hydrogen) atoms. The fraction of sp³-hybridized carbons (Fsp3) is 0.323. The van der Waals surface area contributed by atoms with Crippen molar-refractivity contribution in [1.82, 2.24) is 24.2 Å². The van der Waals surface area contributed by atoms with E-state index in [2.05, 4.69) is 26.8 Å². The van der Waals surface area contributed by atoms with E-state index in [1.165, 1.54) is 22.8 Å². The van der Waals surface area contributed by atoms with Gasteiger partial charge in [-0.3, -0.25) is 4.79 Å². The maximum atomic E-state index is 15.4. The van der Waals surface area contributed by atoms with E-state index in [1.807, 2.05) is 6.20 Å². The molecular weight excluding hydrogens is 571 g/mol. The zero-order valence-electron chi connectivity index (χ0n) is 23.6. The Kier molecular flexibility index (Phi) is 8.13. The van der Waals surface area contributed by atoms with Crippen LogP contribution in [-0.4, -0.2) is 70.8 Å². The van der Waals surface area contributed by atoms with Crippen LogP contribution in [0.4, 0.5) is 15.9 Å². The Morgan fingerprint density at radius 3 is 2.63 bits per heavy atom. The molecule has 2 N–H and O–H groups in total. The molecule has 2 aromatic heterocycles. The number of fused-ring (bicyclic) bond motifs is 1. The first-order valence-electron chi connectivity index (χ1n) is 14.3. The summed E-state index contributed by atoms with van der Waals surface area (Å²) in [4.78, 5) is 26.0. The highest BCUT2D eigenvalue weighted by Crippen LogP contribution is 2.37. The molecule has 2 aromatic carbocycles. The largest absolute Gasteiger partial charge is 0.489 e. The van der Waals surface area contributed by atoms with Gasteiger partial charge in [-0.15, -0.1) is 0 Å². The van der Waals surface area contributed by atoms with Crippen LogP contribution in [0.5, 0.6) is 5.75 Å². The number of benzene rings is 2. The third-order valence-corrected chi connectivity index (χ3v) is 10.0. The zero-order valence-corrected chi connectivity index (χ0v) is 24.4. The van der Waals surface area contributed by atoms with E-state index in [4.69, 9.17) is 4.74 Å². The molecule has 2 aliphatic rings. The van der Waals surface area contributed by atoms with Crippen LogP contribution in [0, 0.1) is 5.82 Å². The minimum atomic E-state index is -3.64. The average Bonchev–Trinajstić information content (AvgIpc) is 3.48. The summed E-state index contributed by atoms with van der Waals surface area (Å²) in [5, 5.41) is 3.92. The number of piperidine rings is 2. The summed E-state index contributed by atoms with van der Waals surface area (Å²) >= 11 is 0. The van der Waals surface area contributed by atoms with Gasteiger partial charge in [0.1, 0.15) is 35.5 Å². The Labute approximate surface area is 249 Å². The lowest BCUT2D eigenvalue weighted by molar-refractivity contribution is -0.127. The summed E-state index contributed by atoms with van der Waals surface area (Å²) in [6.07, 6.45) is 7.15. The van der Waals surface area contributed by atoms with Crippen LogP contribution in [0.1, 0.15) is 37.2 Å². The fourth-order valence-electron chi connectivity index (χ4n) is 5.90. The first-order chi connectivity index (χ1) is 20.8. The van der Waals surface area contributed by atoms with Crippen molar-refractivity contribution < 1.29 is 22.3 Å². The van der Waals surface area contributed by atoms with Crippen molar-refractivity contribution in [2.45, 2.75) is 42.6 Å². The van der Waals surface area contributed by atoms with Gasteiger partial charge in [-0.05, 0) is 67.5 Å². The molecule has 1 amide bonds. The van der Waals surface area contributed by atoms with Gasteiger partial charge in [-0.1, -0.05) is 24.8 Å². The highest BCUT2D eigenvalue weighted by molar-refractivity contribution is 7.89. The number of carbonyl (C=O) groups is 1. The van der Waals surface area contributed by atoms with E-state index in [0.29, 0.717) is 49.7 Å². The van der Waals surface area contributed by atoms with Crippen molar-refractivity contribution >= 4 is 38.5 Å². The quantitative estimate of drug-likeness (QED) is 0.273. The van der Waals surface area contributed by atoms with Crippen molar-refractivity contribution in [3.05, 3.63) is 85.1 Å². The number of halogens is 1. The topological polar surface area (TPSA) is 121 Å². The molecule has 2 fully saturated rings. The number of hydrogen-bond donors (Lipinski definition) is 2. The van der Waals surface area contributed by atoms with Crippen molar-refractivity contribution in [2.75, 3.05) is 31.5 Å². The van der Waals surface area contributed by atoms with Gasteiger partial charge < -0.3 is 19.9 Å². The van der Waals surface area contributed by atoms with E-state index in [1.54, 1.807) is 47.4 Å². The fourth-order valence-corrected chi connectivity index (χ4v) is 7.43. The van der Waals surface area contributed by atoms with Gasteiger partial charge in [-0.25, -0.2) is 22.8 Å². The molecule has 0 bridgehead atoms. The van der Waals surface area contributed by atoms with E-state index in [0.717, 1.165) is 23.8 Å². The molecule has 4 heterocycles. The maximum absolute atomic E-state index is 15.4. The molecule has 4 aromatic rings. The number of aromatic amines is 1. The normalized spacial score (nSPS) is 18.4. The molecule has 1 atom stereocenters. The molecule has 0 saturated carbocycles. The molecule has 0 aliphatic carbocycles. The number of ether oxygens (including phenoxy) is 1. The number of hydrogen-bond acceptors (Lipinski definition) is 7. The molecular formula is C31H33FN6O4S. The number of carbonyl (C=O) groups excluding carboxylic acids is 1. The number of rotatable bonds is 8. The van der Waals surface area contributed by atoms with Crippen LogP contribution < -0.4 is 10.1 Å². The zero-order chi connectivity index (χ0) is 30.0. The summed E-state index contributed by atoms with van der Waals surface area (Å²) < 4.78 is 49.0. The van der Waals surface area contributed by atoms with Crippen LogP contribution in [0.25, 0.3) is 11.0 Å². The van der Waals surface area contributed by atoms with Gasteiger partial charge in [-0.2, -0.15) is 4.31 Å². The Hall–Kier alpha value is -4.29. The molecule has 2 saturated heterocycles. The Bertz CT molecular complexity index is 1740. The SMILES string of the molecule is C=CC(=O)N1CCC(c2c[nH]c3ncnc(Nc4ccc(O[C@@H]5CCCN(S(=O)(=O)c6ccccc6)C5)cc4F)c23)CC1. The lowest BCUT2D eigenvalue weighted by Crippen LogP contribution is -2.44. The van der Waals surface area contributed by atoms with Crippen molar-refractivity contribution in [2.24, 2.45) is 0 Å². The highest BCUT2D eigenvalue weighted by Gasteiger charge is 2.31. The highest BCUT2D eigenvalue weighted by atomic mass is 32.2. The number of nitrogens with one attached hydrogen (secondary N) is 2. The van der Waals surface area contributed by atoms with Gasteiger partial charge in [0, 0.05) is 31.9 Å². The summed E-state index contributed by atoms with van der Waals surface area (Å²) in [5.41, 5.74) is 1.89. The number of likely N-dealkylation sites (tertiary alicyclic amines) is 1. The first kappa shape index (κ1) is 28.8. The maximum Gasteiger partial charge on any atom is 0.245 e. The van der Waals surface area contributed by atoms with Gasteiger partial charge in [0.05, 0.1) is 22.5 Å². The van der Waals surface area contributed by atoms with E-state index in [-0.39, 0.29) is 29.0 Å². The van der Waals surface area contributed by atoms with Crippen LogP contribution in [0.15, 0.2) is 78.6 Å². The lowest BCUT2D eigenvalue weighted by Gasteiger charge is -2.32. The second-order valence-electron chi connectivity index (χ2n) is 10.8. The van der Waals surface area contributed by atoms with Gasteiger partial charge >= 0.3 is 0 Å². The number of H-pyrrole nitrogens is 1. The van der Waals surface area contributed by atoms with Gasteiger partial charge in [0.15, 0.2) is 0 Å². The van der Waals surface area contributed by atoms with E-state index >= 15 is 4.39 Å². The first-order valence-corrected chi connectivity index (χ1v) is 15.8. The predicted octanol–water partition coefficient (Wildman–Crippen LogP) is 4.96. The summed E-state index contributed by atoms with van der Waals surface area (Å²) in [5.74, 6) is 0.400. The van der Waals surface area contributed by atoms with E-state index in [9.17, 15) is 13.2 Å². The third-order valence-electron chi connectivity index (χ3n) is 8.14. The van der Waals surface area contributed by atoms with Gasteiger partial charge in [0.2, 0.25) is 15.9 Å². The second-order valence-corrected chi connectivity index (χ2v) is 12.8. The van der Waals surface area contributed by atoms with Crippen LogP contribution in [-0.2, 0) is 14.8 Å². The summed E-state index contributed by atoms with van der Waals surface area (Å²) in [7, 11) is -3.64. The molecule has 2 aliphatic heterocycles. The van der Waals surface area contributed by atoms with Crippen molar-refractivity contribution in [1.29, 1.82) is 0 Å². The molecule has 224 valence electrons. The second kappa shape index (κ2) is 12.1. The van der Waals surface area contributed by atoms with Crippen LogP contribution in [0.3, 0.4) is 0 Å². The minimum Gasteiger partial charge on any atom is -0.489 e. The predicted molar refractivity (Wildman–Crippen MR) is 161 cm³/mol. The van der Waals surface area contributed by atoms with Crippen LogP contribution >= 0.6 is 0 Å². The third kappa shape index (κ3) is 5.98. The Balaban J connectivity index is 1.15. The smallest absolute Gasteiger partial charge is 0.245 e. The summed E-state index contributed by atoms with van der Waals surface area (Å²) in [6.45, 7) is 5.44. The molecule has 10 nitrogen and oxygen atoms in total. The van der Waals surface area contributed by atoms with Gasteiger partial charge in [0.25, 0.3) is 0 Å². The molecule has 6 rings (SSSR count). The number of anilines is 2. The molecule has 0 radical (unpaired) electrons. The van der Waals surface area contributed by atoms with Crippen molar-refractivity contribution in [3.63, 3.8) is 0 Å². The number of aromatic nitrogens is 3. The van der Waals surface area contributed by atoms with E-state index < -0.39 is 21.9 Å². The number of sulfonamides is 1. The lowest BCUT2D eigenvalue weighted by atomic mass is 9.89. The number of nitrogens with zero attached hydrogens (tertiary/aromatic N) is 4. The van der Waals surface area contributed by atoms with Crippen LogP contribution in [0.2, 0.25) is 0 Å². The minimum absolute atomic E-state index is 0.0657. The Morgan fingerprint density at radius 2 is 1.88 bits per heavy atom. The summed E-state index contributed by atoms with van der Waals surface area (Å²) in [6, 6.07) is 12.9. The molecule has 12 heteroatoms. The van der Waals surface area contributed by atoms with Crippen molar-refractivity contribution in [3.8, 4) is 5.75 Å². The Morgan fingerprint density at radius 1 is 1.09 bits per heavy atom. The monoisotopic (exact) mass is 604 g/mol. The standard InChI is InChI=1S/C31H33FN6O4S/c1-2-28(39)37-15-12-21(13-16-37)25-18-33-30-29(25)31(35-20-34-30)36-27-11-10-22(17-26(27)32)42-23-7-6-14-38(19-23)43(40,41)24-8-4-3-5-9-24/h2-5,8-11,17-18,20-21,23H,1,6-7,12-16,19H2,(H2,33,34,35,36)/t23-/m1/s1. The number of amides is 1. The molecule has 0 unspecified atom stereocenters. The molecule has 0 spiro atoms. The average molecular weight is 605 g/mol.